The van der Waals surface area contributed by atoms with E-state index >= 15 is 0 Å². The molecule has 0 heterocycles. The van der Waals surface area contributed by atoms with Crippen LogP contribution in [0.2, 0.25) is 0 Å². The van der Waals surface area contributed by atoms with Crippen LogP contribution in [0, 0.1) is 16.7 Å². The van der Waals surface area contributed by atoms with Crippen molar-refractivity contribution in [2.75, 3.05) is 0 Å². The van der Waals surface area contributed by atoms with Crippen LogP contribution in [0.3, 0.4) is 0 Å². The molecule has 0 N–H and O–H groups in total. The molecule has 1 fully saturated rings. The van der Waals surface area contributed by atoms with Gasteiger partial charge in [-0.3, -0.25) is 9.59 Å². The Morgan fingerprint density at radius 1 is 1.29 bits per heavy atom. The zero-order chi connectivity index (χ0) is 13.3. The molecular weight excluding hydrogens is 212 g/mol. The van der Waals surface area contributed by atoms with E-state index in [0.29, 0.717) is 0 Å². The summed E-state index contributed by atoms with van der Waals surface area (Å²) in [4.78, 5) is 24.8. The molecule has 0 saturated heterocycles. The average molecular weight is 238 g/mol. The van der Waals surface area contributed by atoms with Crippen LogP contribution in [0.15, 0.2) is 0 Å². The summed E-state index contributed by atoms with van der Waals surface area (Å²) in [5.74, 6) is 0.526. The highest BCUT2D eigenvalue weighted by Crippen LogP contribution is 2.50. The van der Waals surface area contributed by atoms with E-state index in [1.54, 1.807) is 6.92 Å². The summed E-state index contributed by atoms with van der Waals surface area (Å²) >= 11 is 0. The molecule has 0 spiro atoms. The lowest BCUT2D eigenvalue weighted by molar-refractivity contribution is -0.148. The molecule has 0 aromatic rings. The smallest absolute Gasteiger partial charge is 0.151 e. The van der Waals surface area contributed by atoms with Gasteiger partial charge in [-0.1, -0.05) is 40.5 Å². The van der Waals surface area contributed by atoms with E-state index < -0.39 is 10.8 Å². The first-order chi connectivity index (χ1) is 7.76. The molecule has 0 aromatic heterocycles. The molecule has 1 aliphatic rings. The summed E-state index contributed by atoms with van der Waals surface area (Å²) in [6.07, 6.45) is 4.88. The van der Waals surface area contributed by atoms with Crippen molar-refractivity contribution >= 4 is 11.6 Å². The molecule has 1 aliphatic carbocycles. The maximum absolute atomic E-state index is 12.7. The lowest BCUT2D eigenvalue weighted by Gasteiger charge is -2.36. The van der Waals surface area contributed by atoms with E-state index in [0.717, 1.165) is 32.1 Å². The van der Waals surface area contributed by atoms with Gasteiger partial charge in [-0.15, -0.1) is 0 Å². The third-order valence-electron chi connectivity index (χ3n) is 4.17. The molecule has 1 rings (SSSR count). The monoisotopic (exact) mass is 238 g/mol. The van der Waals surface area contributed by atoms with Crippen LogP contribution in [0.4, 0.5) is 0 Å². The number of rotatable bonds is 4. The predicted molar refractivity (Wildman–Crippen MR) is 69.8 cm³/mol. The third kappa shape index (κ3) is 2.46. The van der Waals surface area contributed by atoms with Crippen molar-refractivity contribution in [3.8, 4) is 0 Å². The Morgan fingerprint density at radius 2 is 1.88 bits per heavy atom. The number of carbonyl (C=O) groups excluding carboxylic acids is 2. The molecule has 2 heteroatoms. The lowest BCUT2D eigenvalue weighted by atomic mass is 9.63. The second-order valence-electron chi connectivity index (χ2n) is 6.48. The van der Waals surface area contributed by atoms with Gasteiger partial charge in [0.2, 0.25) is 0 Å². The predicted octanol–water partition coefficient (Wildman–Crippen LogP) is 3.78. The second-order valence-corrected chi connectivity index (χ2v) is 6.48. The quantitative estimate of drug-likeness (QED) is 0.698. The van der Waals surface area contributed by atoms with Crippen LogP contribution in [0.1, 0.15) is 66.7 Å². The van der Waals surface area contributed by atoms with Gasteiger partial charge in [0.05, 0.1) is 5.41 Å². The maximum Gasteiger partial charge on any atom is 0.151 e. The van der Waals surface area contributed by atoms with E-state index in [1.807, 2.05) is 20.8 Å². The molecule has 0 aromatic carbocycles. The standard InChI is InChI=1S/C15H26O2/c1-6-8-12-9-7-10-15(12,11(2)16)13(17)14(3,4)5/h12H,6-10H2,1-5H3. The van der Waals surface area contributed by atoms with Gasteiger partial charge in [0.1, 0.15) is 5.78 Å². The van der Waals surface area contributed by atoms with Crippen molar-refractivity contribution in [2.24, 2.45) is 16.7 Å². The van der Waals surface area contributed by atoms with Crippen LogP contribution in [-0.4, -0.2) is 11.6 Å². The SMILES string of the molecule is CCCC1CCCC1(C(C)=O)C(=O)C(C)(C)C. The van der Waals surface area contributed by atoms with Gasteiger partial charge >= 0.3 is 0 Å². The lowest BCUT2D eigenvalue weighted by Crippen LogP contribution is -2.46. The molecule has 0 amide bonds. The average Bonchev–Trinajstić information content (AvgIpc) is 2.60. The maximum atomic E-state index is 12.7. The number of hydrogen-bond acceptors (Lipinski definition) is 2. The van der Waals surface area contributed by atoms with Crippen LogP contribution in [0.5, 0.6) is 0 Å². The van der Waals surface area contributed by atoms with Crippen molar-refractivity contribution in [1.82, 2.24) is 0 Å². The number of carbonyl (C=O) groups is 2. The molecule has 1 saturated carbocycles. The highest BCUT2D eigenvalue weighted by molar-refractivity contribution is 6.08. The molecule has 0 aliphatic heterocycles. The molecule has 2 unspecified atom stereocenters. The first-order valence-corrected chi connectivity index (χ1v) is 6.82. The second kappa shape index (κ2) is 4.91. The highest BCUT2D eigenvalue weighted by atomic mass is 16.2. The Hall–Kier alpha value is -0.660. The summed E-state index contributed by atoms with van der Waals surface area (Å²) < 4.78 is 0. The normalized spacial score (nSPS) is 29.4. The molecule has 98 valence electrons. The Bertz CT molecular complexity index is 311. The minimum Gasteiger partial charge on any atom is -0.299 e. The van der Waals surface area contributed by atoms with Crippen molar-refractivity contribution in [3.63, 3.8) is 0 Å². The first-order valence-electron chi connectivity index (χ1n) is 6.82. The molecule has 0 bridgehead atoms. The zero-order valence-corrected chi connectivity index (χ0v) is 11.9. The summed E-state index contributed by atoms with van der Waals surface area (Å²) in [5.41, 5.74) is -1.09. The van der Waals surface area contributed by atoms with Gasteiger partial charge in [-0.05, 0) is 32.1 Å². The summed E-state index contributed by atoms with van der Waals surface area (Å²) in [5, 5.41) is 0. The van der Waals surface area contributed by atoms with Gasteiger partial charge in [-0.25, -0.2) is 0 Å². The Kier molecular flexibility index (Phi) is 4.16. The van der Waals surface area contributed by atoms with Crippen molar-refractivity contribution < 1.29 is 9.59 Å². The van der Waals surface area contributed by atoms with E-state index in [2.05, 4.69) is 6.92 Å². The number of hydrogen-bond donors (Lipinski definition) is 0. The van der Waals surface area contributed by atoms with Gasteiger partial charge in [0, 0.05) is 5.41 Å². The minimum atomic E-state index is -0.672. The number of ketones is 2. The molecule has 2 nitrogen and oxygen atoms in total. The topological polar surface area (TPSA) is 34.1 Å². The van der Waals surface area contributed by atoms with Gasteiger partial charge in [0.25, 0.3) is 0 Å². The fourth-order valence-electron chi connectivity index (χ4n) is 3.41. The fourth-order valence-corrected chi connectivity index (χ4v) is 3.41. The van der Waals surface area contributed by atoms with Gasteiger partial charge in [-0.2, -0.15) is 0 Å². The molecule has 2 atom stereocenters. The van der Waals surface area contributed by atoms with E-state index in [-0.39, 0.29) is 17.5 Å². The van der Waals surface area contributed by atoms with Crippen molar-refractivity contribution in [3.05, 3.63) is 0 Å². The minimum absolute atomic E-state index is 0.0911. The summed E-state index contributed by atoms with van der Waals surface area (Å²) in [6.45, 7) is 9.53. The molecule has 17 heavy (non-hydrogen) atoms. The van der Waals surface area contributed by atoms with E-state index in [4.69, 9.17) is 0 Å². The van der Waals surface area contributed by atoms with Crippen molar-refractivity contribution in [2.45, 2.75) is 66.7 Å². The zero-order valence-electron chi connectivity index (χ0n) is 11.9. The van der Waals surface area contributed by atoms with Crippen LogP contribution in [-0.2, 0) is 9.59 Å². The first kappa shape index (κ1) is 14.4. The Balaban J connectivity index is 3.13. The van der Waals surface area contributed by atoms with Gasteiger partial charge < -0.3 is 0 Å². The van der Waals surface area contributed by atoms with Gasteiger partial charge in [0.15, 0.2) is 5.78 Å². The Labute approximate surface area is 105 Å². The third-order valence-corrected chi connectivity index (χ3v) is 4.17. The van der Waals surface area contributed by atoms with Crippen molar-refractivity contribution in [1.29, 1.82) is 0 Å². The highest BCUT2D eigenvalue weighted by Gasteiger charge is 2.54. The van der Waals surface area contributed by atoms with Crippen LogP contribution >= 0.6 is 0 Å². The fraction of sp³-hybridized carbons (Fsp3) is 0.867. The Morgan fingerprint density at radius 3 is 2.29 bits per heavy atom. The van der Waals surface area contributed by atoms with Crippen LogP contribution < -0.4 is 0 Å². The number of Topliss-reactive ketones (excluding diaryl/α,β-unsaturated/α-hetero) is 2. The van der Waals surface area contributed by atoms with E-state index in [1.165, 1.54) is 0 Å². The van der Waals surface area contributed by atoms with Crippen LogP contribution in [0.25, 0.3) is 0 Å². The summed E-state index contributed by atoms with van der Waals surface area (Å²) in [7, 11) is 0. The molecular formula is C15H26O2. The summed E-state index contributed by atoms with van der Waals surface area (Å²) in [6, 6.07) is 0. The largest absolute Gasteiger partial charge is 0.299 e. The van der Waals surface area contributed by atoms with E-state index in [9.17, 15) is 9.59 Å². The molecule has 0 radical (unpaired) electrons.